The number of carbonyl (C=O) groups excluding carboxylic acids is 1. The molecule has 1 aromatic rings. The van der Waals surface area contributed by atoms with E-state index < -0.39 is 5.82 Å². The van der Waals surface area contributed by atoms with Crippen LogP contribution in [0.25, 0.3) is 6.08 Å². The van der Waals surface area contributed by atoms with Crippen LogP contribution in [0.5, 0.6) is 5.75 Å². The maximum Gasteiger partial charge on any atom is 0.264 e. The maximum atomic E-state index is 13.3. The number of hydrogen-bond acceptors (Lipinski definition) is 3. The molecule has 1 aliphatic rings. The zero-order valence-electron chi connectivity index (χ0n) is 11.9. The van der Waals surface area contributed by atoms with Crippen molar-refractivity contribution in [2.24, 2.45) is 0 Å². The quantitative estimate of drug-likeness (QED) is 0.635. The molecule has 5 heteroatoms. The molecule has 0 N–H and O–H groups in total. The molecular weight excluding hydrogens is 271 g/mol. The Labute approximate surface area is 123 Å². The van der Waals surface area contributed by atoms with Crippen molar-refractivity contribution in [3.63, 3.8) is 0 Å². The second-order valence-corrected chi connectivity index (χ2v) is 4.91. The predicted molar refractivity (Wildman–Crippen MR) is 77.0 cm³/mol. The molecule has 110 valence electrons. The molecule has 2 rings (SSSR count). The van der Waals surface area contributed by atoms with E-state index in [4.69, 9.17) is 4.74 Å². The zero-order chi connectivity index (χ0) is 15.2. The highest BCUT2D eigenvalue weighted by atomic mass is 19.1. The van der Waals surface area contributed by atoms with Crippen LogP contribution in [0.3, 0.4) is 0 Å². The van der Waals surface area contributed by atoms with Crippen LogP contribution in [0.4, 0.5) is 4.39 Å². The molecule has 1 aliphatic heterocycles. The van der Waals surface area contributed by atoms with Crippen LogP contribution < -0.4 is 4.74 Å². The molecule has 0 radical (unpaired) electrons. The molecular formula is C16H17FN2O2. The molecule has 1 amide bonds. The minimum atomic E-state index is -0.440. The number of carbonyl (C=O) groups is 1. The first-order valence-corrected chi connectivity index (χ1v) is 6.90. The van der Waals surface area contributed by atoms with Crippen molar-refractivity contribution in [1.82, 2.24) is 4.90 Å². The SMILES string of the molecule is COc1ccc(F)cc1/C=C(\C#N)C(=O)N1CCCCC1. The predicted octanol–water partition coefficient (Wildman–Crippen LogP) is 2.75. The summed E-state index contributed by atoms with van der Waals surface area (Å²) in [5.41, 5.74) is 0.389. The normalized spacial score (nSPS) is 15.5. The number of halogens is 1. The van der Waals surface area contributed by atoms with E-state index in [0.717, 1.165) is 19.3 Å². The number of benzene rings is 1. The Hall–Kier alpha value is -2.35. The summed E-state index contributed by atoms with van der Waals surface area (Å²) in [6, 6.07) is 5.91. The van der Waals surface area contributed by atoms with E-state index in [1.807, 2.05) is 6.07 Å². The van der Waals surface area contributed by atoms with Crippen LogP contribution >= 0.6 is 0 Å². The Morgan fingerprint density at radius 2 is 2.10 bits per heavy atom. The summed E-state index contributed by atoms with van der Waals surface area (Å²) in [7, 11) is 1.46. The topological polar surface area (TPSA) is 53.3 Å². The van der Waals surface area contributed by atoms with E-state index in [-0.39, 0.29) is 11.5 Å². The molecule has 1 fully saturated rings. The Balaban J connectivity index is 2.30. The minimum absolute atomic E-state index is 0.000741. The van der Waals surface area contributed by atoms with Gasteiger partial charge in [0.05, 0.1) is 7.11 Å². The van der Waals surface area contributed by atoms with Crippen LogP contribution in [-0.4, -0.2) is 31.0 Å². The summed E-state index contributed by atoms with van der Waals surface area (Å²) in [6.45, 7) is 1.33. The lowest BCUT2D eigenvalue weighted by molar-refractivity contribution is -0.127. The van der Waals surface area contributed by atoms with Gasteiger partial charge in [0.2, 0.25) is 0 Å². The number of hydrogen-bond donors (Lipinski definition) is 0. The van der Waals surface area contributed by atoms with E-state index in [1.54, 1.807) is 4.90 Å². The molecule has 0 unspecified atom stereocenters. The first kappa shape index (κ1) is 15.0. The van der Waals surface area contributed by atoms with Crippen LogP contribution in [-0.2, 0) is 4.79 Å². The van der Waals surface area contributed by atoms with E-state index >= 15 is 0 Å². The molecule has 1 saturated heterocycles. The van der Waals surface area contributed by atoms with Crippen molar-refractivity contribution < 1.29 is 13.9 Å². The highest BCUT2D eigenvalue weighted by Crippen LogP contribution is 2.23. The van der Waals surface area contributed by atoms with Crippen molar-refractivity contribution in [1.29, 1.82) is 5.26 Å². The number of likely N-dealkylation sites (tertiary alicyclic amines) is 1. The van der Waals surface area contributed by atoms with Crippen LogP contribution in [0.2, 0.25) is 0 Å². The van der Waals surface area contributed by atoms with Gasteiger partial charge in [0.15, 0.2) is 0 Å². The number of nitriles is 1. The van der Waals surface area contributed by atoms with Gasteiger partial charge in [0.25, 0.3) is 5.91 Å². The van der Waals surface area contributed by atoms with Crippen molar-refractivity contribution in [3.05, 3.63) is 35.2 Å². The van der Waals surface area contributed by atoms with E-state index in [2.05, 4.69) is 0 Å². The fraction of sp³-hybridized carbons (Fsp3) is 0.375. The molecule has 0 spiro atoms. The first-order chi connectivity index (χ1) is 10.2. The minimum Gasteiger partial charge on any atom is -0.496 e. The van der Waals surface area contributed by atoms with Gasteiger partial charge in [0, 0.05) is 18.7 Å². The molecule has 0 saturated carbocycles. The molecule has 1 heterocycles. The van der Waals surface area contributed by atoms with Gasteiger partial charge >= 0.3 is 0 Å². The lowest BCUT2D eigenvalue weighted by Gasteiger charge is -2.26. The maximum absolute atomic E-state index is 13.3. The van der Waals surface area contributed by atoms with Gasteiger partial charge < -0.3 is 9.64 Å². The number of amides is 1. The van der Waals surface area contributed by atoms with Gasteiger partial charge in [-0.05, 0) is 43.5 Å². The average Bonchev–Trinajstić information content (AvgIpc) is 2.53. The Kier molecular flexibility index (Phi) is 4.94. The van der Waals surface area contributed by atoms with Crippen LogP contribution in [0, 0.1) is 17.1 Å². The molecule has 4 nitrogen and oxygen atoms in total. The largest absolute Gasteiger partial charge is 0.496 e. The lowest BCUT2D eigenvalue weighted by atomic mass is 10.1. The van der Waals surface area contributed by atoms with Gasteiger partial charge in [0.1, 0.15) is 23.2 Å². The highest BCUT2D eigenvalue weighted by molar-refractivity contribution is 6.02. The van der Waals surface area contributed by atoms with Crippen molar-refractivity contribution in [2.75, 3.05) is 20.2 Å². The number of piperidine rings is 1. The highest BCUT2D eigenvalue weighted by Gasteiger charge is 2.20. The smallest absolute Gasteiger partial charge is 0.264 e. The summed E-state index contributed by atoms with van der Waals surface area (Å²) >= 11 is 0. The van der Waals surface area contributed by atoms with Crippen LogP contribution in [0.15, 0.2) is 23.8 Å². The number of rotatable bonds is 3. The van der Waals surface area contributed by atoms with Gasteiger partial charge in [-0.1, -0.05) is 0 Å². The monoisotopic (exact) mass is 288 g/mol. The number of nitrogens with zero attached hydrogens (tertiary/aromatic N) is 2. The van der Waals surface area contributed by atoms with Crippen molar-refractivity contribution >= 4 is 12.0 Å². The second-order valence-electron chi connectivity index (χ2n) is 4.91. The number of ether oxygens (including phenoxy) is 1. The molecule has 21 heavy (non-hydrogen) atoms. The molecule has 0 aromatic heterocycles. The van der Waals surface area contributed by atoms with E-state index in [9.17, 15) is 14.4 Å². The fourth-order valence-electron chi connectivity index (χ4n) is 2.38. The van der Waals surface area contributed by atoms with Crippen LogP contribution in [0.1, 0.15) is 24.8 Å². The Morgan fingerprint density at radius 1 is 1.38 bits per heavy atom. The van der Waals surface area contributed by atoms with E-state index in [0.29, 0.717) is 24.4 Å². The van der Waals surface area contributed by atoms with E-state index in [1.165, 1.54) is 31.4 Å². The molecule has 0 atom stereocenters. The van der Waals surface area contributed by atoms with Gasteiger partial charge in [-0.3, -0.25) is 4.79 Å². The average molecular weight is 288 g/mol. The molecule has 0 bridgehead atoms. The summed E-state index contributed by atoms with van der Waals surface area (Å²) in [5.74, 6) is -0.316. The summed E-state index contributed by atoms with van der Waals surface area (Å²) in [6.07, 6.45) is 4.40. The molecule has 1 aromatic carbocycles. The summed E-state index contributed by atoms with van der Waals surface area (Å²) in [5, 5.41) is 9.22. The fourth-order valence-corrected chi connectivity index (χ4v) is 2.38. The first-order valence-electron chi connectivity index (χ1n) is 6.90. The van der Waals surface area contributed by atoms with Gasteiger partial charge in [-0.15, -0.1) is 0 Å². The molecule has 0 aliphatic carbocycles. The zero-order valence-corrected chi connectivity index (χ0v) is 11.9. The van der Waals surface area contributed by atoms with Crippen molar-refractivity contribution in [2.45, 2.75) is 19.3 Å². The van der Waals surface area contributed by atoms with Crippen molar-refractivity contribution in [3.8, 4) is 11.8 Å². The second kappa shape index (κ2) is 6.89. The standard InChI is InChI=1S/C16H17FN2O2/c1-21-15-6-5-14(17)10-12(15)9-13(11-18)16(20)19-7-3-2-4-8-19/h5-6,9-10H,2-4,7-8H2,1H3/b13-9+. The third kappa shape index (κ3) is 3.60. The Bertz CT molecular complexity index is 599. The van der Waals surface area contributed by atoms with Gasteiger partial charge in [-0.25, -0.2) is 4.39 Å². The summed E-state index contributed by atoms with van der Waals surface area (Å²) < 4.78 is 18.5. The Morgan fingerprint density at radius 3 is 2.71 bits per heavy atom. The third-order valence-corrected chi connectivity index (χ3v) is 3.49. The number of methoxy groups -OCH3 is 1. The van der Waals surface area contributed by atoms with Gasteiger partial charge in [-0.2, -0.15) is 5.26 Å². The summed E-state index contributed by atoms with van der Waals surface area (Å²) in [4.78, 5) is 14.0. The lowest BCUT2D eigenvalue weighted by Crippen LogP contribution is -2.36. The third-order valence-electron chi connectivity index (χ3n) is 3.49.